The Morgan fingerprint density at radius 1 is 0.605 bits per heavy atom. The SMILES string of the molecule is Cc1cn([C@H]2C[C@H](OP(=O)(O)OC[C@H]3O[C@@H](n4cnc5c(=O)[nH]c(N)nc54)[C@H](O)[C@@H]3O)[C@@H](COP(=O)(O)O[C@H]3[C@@H](O)[C@H](n4cnc5c(N)ncnc54)O[C@@H]3COP(=O)(O)O[C@H]3[C@@H](O)[C@H](n4ccc(N)nc4=O)O[C@@H]3COP(=O)(O)O)O2)c(=O)[nH]c1=O. The van der Waals surface area contributed by atoms with Gasteiger partial charge in [0.25, 0.3) is 11.1 Å². The van der Waals surface area contributed by atoms with Gasteiger partial charge in [-0.25, -0.2) is 47.8 Å². The smallest absolute Gasteiger partial charge is 0.387 e. The number of aromatic amines is 2. The van der Waals surface area contributed by atoms with E-state index < -0.39 is 179 Å². The van der Waals surface area contributed by atoms with Crippen LogP contribution in [-0.2, 0) is 68.9 Å². The molecule has 470 valence electrons. The van der Waals surface area contributed by atoms with Crippen LogP contribution in [0.1, 0.15) is 36.9 Å². The lowest BCUT2D eigenvalue weighted by Crippen LogP contribution is -2.38. The van der Waals surface area contributed by atoms with Gasteiger partial charge in [-0.1, -0.05) is 0 Å². The first-order chi connectivity index (χ1) is 40.4. The number of ether oxygens (including phenoxy) is 4. The maximum Gasteiger partial charge on any atom is 0.472 e. The Hall–Kier alpha value is -6.02. The molecule has 86 heavy (non-hydrogen) atoms. The van der Waals surface area contributed by atoms with Crippen molar-refractivity contribution in [2.75, 3.05) is 43.6 Å². The van der Waals surface area contributed by atoms with Crippen LogP contribution in [0.25, 0.3) is 22.3 Å². The number of imidazole rings is 2. The van der Waals surface area contributed by atoms with Gasteiger partial charge in [-0.2, -0.15) is 9.97 Å². The molecule has 4 saturated heterocycles. The fourth-order valence-electron chi connectivity index (χ4n) is 9.50. The lowest BCUT2D eigenvalue weighted by Gasteiger charge is -2.26. The van der Waals surface area contributed by atoms with Gasteiger partial charge in [0.1, 0.15) is 91.0 Å². The van der Waals surface area contributed by atoms with Gasteiger partial charge in [0.05, 0.1) is 39.1 Å². The van der Waals surface area contributed by atoms with Crippen molar-refractivity contribution >= 4 is 71.2 Å². The zero-order valence-corrected chi connectivity index (χ0v) is 47.0. The number of nitrogens with zero attached hydrogens (tertiary/aromatic N) is 10. The first kappa shape index (κ1) is 63.0. The van der Waals surface area contributed by atoms with E-state index in [1.807, 2.05) is 4.98 Å². The lowest BCUT2D eigenvalue weighted by molar-refractivity contribution is -0.0637. The summed E-state index contributed by atoms with van der Waals surface area (Å²) < 4.78 is 116. The number of anilines is 3. The second-order valence-electron chi connectivity index (χ2n) is 19.3. The molecule has 43 nitrogen and oxygen atoms in total. The Labute approximate surface area is 475 Å². The number of hydrogen-bond donors (Lipinski definition) is 14. The molecule has 10 heterocycles. The number of nitrogens with two attached hydrogens (primary N) is 3. The second kappa shape index (κ2) is 24.2. The summed E-state index contributed by atoms with van der Waals surface area (Å²) in [7, 11) is -22.1. The van der Waals surface area contributed by atoms with Gasteiger partial charge >= 0.3 is 42.7 Å². The predicted octanol–water partition coefficient (Wildman–Crippen LogP) is -5.14. The van der Waals surface area contributed by atoms with Crippen LogP contribution in [-0.4, -0.2) is 197 Å². The predicted molar refractivity (Wildman–Crippen MR) is 275 cm³/mol. The summed E-state index contributed by atoms with van der Waals surface area (Å²) in [6, 6.07) is 1.11. The van der Waals surface area contributed by atoms with Crippen molar-refractivity contribution in [1.82, 2.24) is 58.1 Å². The highest BCUT2D eigenvalue weighted by Crippen LogP contribution is 2.54. The quantitative estimate of drug-likeness (QED) is 0.0283. The van der Waals surface area contributed by atoms with Gasteiger partial charge < -0.3 is 81.0 Å². The molecule has 0 amide bonds. The fourth-order valence-corrected chi connectivity index (χ4v) is 12.7. The Bertz CT molecular complexity index is 3970. The maximum atomic E-state index is 14.1. The number of H-pyrrole nitrogens is 2. The molecule has 4 aliphatic rings. The first-order valence-electron chi connectivity index (χ1n) is 24.7. The van der Waals surface area contributed by atoms with E-state index in [1.165, 1.54) is 6.92 Å². The minimum absolute atomic E-state index is 0.0149. The molecule has 0 radical (unpaired) electrons. The summed E-state index contributed by atoms with van der Waals surface area (Å²) in [5.74, 6) is -0.732. The molecule has 18 atom stereocenters. The molecule has 0 aromatic carbocycles. The zero-order chi connectivity index (χ0) is 62.1. The van der Waals surface area contributed by atoms with Crippen LogP contribution < -0.4 is 39.7 Å². The molecule has 0 aliphatic carbocycles. The molecule has 0 bridgehead atoms. The number of aryl methyl sites for hydroxylation is 1. The molecule has 0 saturated carbocycles. The Morgan fingerprint density at radius 2 is 1.15 bits per heavy atom. The van der Waals surface area contributed by atoms with Crippen LogP contribution >= 0.6 is 31.3 Å². The van der Waals surface area contributed by atoms with Crippen molar-refractivity contribution in [2.45, 2.75) is 105 Å². The van der Waals surface area contributed by atoms with Crippen LogP contribution in [0.4, 0.5) is 17.6 Å². The molecular formula is C39H51N15O28P4. The second-order valence-corrected chi connectivity index (χ2v) is 24.7. The van der Waals surface area contributed by atoms with Gasteiger partial charge in [-0.3, -0.25) is 69.5 Å². The summed E-state index contributed by atoms with van der Waals surface area (Å²) in [5, 5.41) is 44.8. The first-order valence-corrected chi connectivity index (χ1v) is 30.7. The molecule has 4 aliphatic heterocycles. The van der Waals surface area contributed by atoms with Crippen molar-refractivity contribution in [3.8, 4) is 0 Å². The summed E-state index contributed by atoms with van der Waals surface area (Å²) in [4.78, 5) is 130. The van der Waals surface area contributed by atoms with E-state index in [-0.39, 0.29) is 45.5 Å². The van der Waals surface area contributed by atoms with Crippen LogP contribution in [0.3, 0.4) is 0 Å². The van der Waals surface area contributed by atoms with Crippen LogP contribution in [0, 0.1) is 6.92 Å². The molecule has 4 fully saturated rings. The van der Waals surface area contributed by atoms with Crippen molar-refractivity contribution < 1.29 is 114 Å². The van der Waals surface area contributed by atoms with E-state index in [2.05, 4.69) is 39.4 Å². The maximum absolute atomic E-state index is 14.1. The summed E-state index contributed by atoms with van der Waals surface area (Å²) in [6.45, 7) is -3.19. The molecule has 17 N–H and O–H groups in total. The van der Waals surface area contributed by atoms with E-state index in [1.54, 1.807) is 0 Å². The summed E-state index contributed by atoms with van der Waals surface area (Å²) >= 11 is 0. The number of phosphoric ester groups is 4. The fraction of sp³-hybridized carbons (Fsp3) is 0.538. The molecule has 10 rings (SSSR count). The number of phosphoric acid groups is 4. The van der Waals surface area contributed by atoms with Crippen molar-refractivity contribution in [3.63, 3.8) is 0 Å². The van der Waals surface area contributed by atoms with Crippen molar-refractivity contribution in [2.24, 2.45) is 0 Å². The topological polar surface area (TPSA) is 627 Å². The molecule has 6 aromatic rings. The zero-order valence-electron chi connectivity index (χ0n) is 43.4. The molecule has 6 aromatic heterocycles. The standard InChI is InChI=1S/C39H51N15O28P4/c1-13-5-52(39(62)50-32(13)59)20-4-14(80-84(66,67)74-7-16-23(55)24(56)34(77-16)54-12-46-22-31(54)48-37(42)49-33(22)60)15(76-20)6-73-85(68,69)82-28-18(79-36(26(28)58)53-11-45-21-29(41)43-10-44-30(21)53)9-75-86(70,71)81-27-17(8-72-83(63,64)65)78-35(25(27)57)51-3-2-19(40)47-38(51)61/h2-3,5,10-12,14-18,20,23-28,34-36,55-58H,4,6-9H2,1H3,(H,66,67)(H,68,69)(H,70,71)(H2,40,47,61)(H2,41,43,44)(H,50,59,62)(H2,63,64,65)(H3,42,48,49,60)/t14-,15+,16+,17+,18+,20+,23+,24+,25+,26+,27+,28+,34+,35+,36+/m0/s1. The molecular weight excluding hydrogens is 1250 g/mol. The minimum Gasteiger partial charge on any atom is -0.387 e. The third-order valence-electron chi connectivity index (χ3n) is 13.5. The summed E-state index contributed by atoms with van der Waals surface area (Å²) in [5.41, 5.74) is 13.0. The number of hydrogen-bond acceptors (Lipinski definition) is 32. The van der Waals surface area contributed by atoms with Gasteiger partial charge in [0, 0.05) is 24.4 Å². The Kier molecular flexibility index (Phi) is 17.7. The van der Waals surface area contributed by atoms with Gasteiger partial charge in [0.15, 0.2) is 41.3 Å². The van der Waals surface area contributed by atoms with E-state index in [0.717, 1.165) is 51.1 Å². The number of aliphatic hydroxyl groups excluding tert-OH is 4. The van der Waals surface area contributed by atoms with Gasteiger partial charge in [-0.05, 0) is 13.0 Å². The van der Waals surface area contributed by atoms with E-state index >= 15 is 0 Å². The average molecular weight is 1300 g/mol. The molecule has 47 heteroatoms. The minimum atomic E-state index is -5.70. The number of nitrogen functional groups attached to an aromatic ring is 3. The van der Waals surface area contributed by atoms with E-state index in [9.17, 15) is 82.3 Å². The van der Waals surface area contributed by atoms with E-state index in [4.69, 9.17) is 63.3 Å². The van der Waals surface area contributed by atoms with E-state index in [0.29, 0.717) is 4.57 Å². The number of aliphatic hydroxyl groups is 4. The highest BCUT2D eigenvalue weighted by Gasteiger charge is 2.54. The third kappa shape index (κ3) is 13.4. The highest BCUT2D eigenvalue weighted by atomic mass is 31.2. The van der Waals surface area contributed by atoms with Crippen molar-refractivity contribution in [3.05, 3.63) is 84.7 Å². The van der Waals surface area contributed by atoms with Crippen LogP contribution in [0.5, 0.6) is 0 Å². The normalized spacial score (nSPS) is 30.9. The van der Waals surface area contributed by atoms with Gasteiger partial charge in [0.2, 0.25) is 5.95 Å². The highest BCUT2D eigenvalue weighted by molar-refractivity contribution is 7.48. The Balaban J connectivity index is 0.859. The van der Waals surface area contributed by atoms with Crippen LogP contribution in [0.15, 0.2) is 56.6 Å². The summed E-state index contributed by atoms with van der Waals surface area (Å²) in [6.07, 6.45) is -23.0. The molecule has 0 spiro atoms. The van der Waals surface area contributed by atoms with Crippen molar-refractivity contribution in [1.29, 1.82) is 0 Å². The van der Waals surface area contributed by atoms with Crippen LogP contribution in [0.2, 0.25) is 0 Å². The van der Waals surface area contributed by atoms with Gasteiger partial charge in [-0.15, -0.1) is 0 Å². The monoisotopic (exact) mass is 1300 g/mol. The Morgan fingerprint density at radius 3 is 1.78 bits per heavy atom. The number of fused-ring (bicyclic) bond motifs is 2. The third-order valence-corrected chi connectivity index (χ3v) is 17.0. The molecule has 3 unspecified atom stereocenters. The largest absolute Gasteiger partial charge is 0.472 e. The number of nitrogens with one attached hydrogen (secondary N) is 2. The number of rotatable bonds is 22. The number of aromatic nitrogens is 12. The average Bonchev–Trinajstić information content (AvgIpc) is 1.82. The lowest BCUT2D eigenvalue weighted by atomic mass is 10.1.